The van der Waals surface area contributed by atoms with Gasteiger partial charge in [-0.25, -0.2) is 0 Å². The van der Waals surface area contributed by atoms with Crippen LogP contribution in [0.25, 0.3) is 0 Å². The van der Waals surface area contributed by atoms with Crippen LogP contribution in [0.2, 0.25) is 0 Å². The number of rotatable bonds is 4. The summed E-state index contributed by atoms with van der Waals surface area (Å²) >= 11 is 0. The lowest BCUT2D eigenvalue weighted by Crippen LogP contribution is -2.48. The molecule has 1 aliphatic rings. The molecule has 7 heteroatoms. The highest BCUT2D eigenvalue weighted by Crippen LogP contribution is 2.17. The fourth-order valence-corrected chi connectivity index (χ4v) is 2.43. The average molecular weight is 266 g/mol. The summed E-state index contributed by atoms with van der Waals surface area (Å²) in [6.07, 6.45) is 3.26. The van der Waals surface area contributed by atoms with Crippen LogP contribution >= 0.6 is 0 Å². The van der Waals surface area contributed by atoms with E-state index in [1.807, 2.05) is 6.92 Å². The molecule has 2 heterocycles. The van der Waals surface area contributed by atoms with E-state index in [1.165, 1.54) is 12.3 Å². The highest BCUT2D eigenvalue weighted by molar-refractivity contribution is 5.93. The van der Waals surface area contributed by atoms with Crippen molar-refractivity contribution in [2.45, 2.75) is 25.8 Å². The summed E-state index contributed by atoms with van der Waals surface area (Å²) in [6, 6.07) is 1.45. The maximum atomic E-state index is 12.4. The fraction of sp³-hybridized carbons (Fsp3) is 0.583. The number of aromatic amines is 1. The molecule has 0 saturated carbocycles. The number of nitrogens with zero attached hydrogens (tertiary/aromatic N) is 2. The van der Waals surface area contributed by atoms with Gasteiger partial charge in [0.05, 0.1) is 11.1 Å². The second-order valence-corrected chi connectivity index (χ2v) is 4.62. The fourth-order valence-electron chi connectivity index (χ4n) is 2.43. The summed E-state index contributed by atoms with van der Waals surface area (Å²) in [7, 11) is 0. The molecule has 1 unspecified atom stereocenters. The van der Waals surface area contributed by atoms with Crippen molar-refractivity contribution < 1.29 is 9.72 Å². The first-order valence-electron chi connectivity index (χ1n) is 6.48. The van der Waals surface area contributed by atoms with Gasteiger partial charge < -0.3 is 15.2 Å². The van der Waals surface area contributed by atoms with Gasteiger partial charge >= 0.3 is 0 Å². The van der Waals surface area contributed by atoms with Gasteiger partial charge in [0.15, 0.2) is 0 Å². The Labute approximate surface area is 111 Å². The second kappa shape index (κ2) is 5.83. The van der Waals surface area contributed by atoms with Crippen LogP contribution in [0.15, 0.2) is 12.3 Å². The number of hydrogen-bond acceptors (Lipinski definition) is 4. The maximum Gasteiger partial charge on any atom is 0.287 e. The van der Waals surface area contributed by atoms with E-state index in [0.29, 0.717) is 6.54 Å². The molecule has 19 heavy (non-hydrogen) atoms. The second-order valence-electron chi connectivity index (χ2n) is 4.62. The Hall–Kier alpha value is -1.89. The Kier molecular flexibility index (Phi) is 4.16. The summed E-state index contributed by atoms with van der Waals surface area (Å²) in [6.45, 7) is 4.28. The van der Waals surface area contributed by atoms with Crippen LogP contribution in [0, 0.1) is 10.1 Å². The number of nitrogens with one attached hydrogen (secondary N) is 2. The molecule has 7 nitrogen and oxygen atoms in total. The summed E-state index contributed by atoms with van der Waals surface area (Å²) < 4.78 is 0. The van der Waals surface area contributed by atoms with E-state index in [2.05, 4.69) is 10.3 Å². The Morgan fingerprint density at radius 1 is 1.63 bits per heavy atom. The number of carbonyl (C=O) groups is 1. The molecule has 0 bridgehead atoms. The van der Waals surface area contributed by atoms with Crippen molar-refractivity contribution in [1.29, 1.82) is 0 Å². The summed E-state index contributed by atoms with van der Waals surface area (Å²) in [5.41, 5.74) is 0.195. The normalized spacial score (nSPS) is 19.1. The molecular formula is C12H18N4O3. The van der Waals surface area contributed by atoms with Gasteiger partial charge in [-0.3, -0.25) is 14.9 Å². The minimum Gasteiger partial charge on any atom is -0.351 e. The third kappa shape index (κ3) is 2.93. The number of hydrogen-bond donors (Lipinski definition) is 2. The lowest BCUT2D eigenvalue weighted by molar-refractivity contribution is -0.384. The maximum absolute atomic E-state index is 12.4. The highest BCUT2D eigenvalue weighted by atomic mass is 16.6. The standard InChI is InChI=1S/C12H18N4O3/c1-2-15(9-4-3-5-13-7-9)12(17)11-6-10(8-14-11)16(18)19/h6,8-9,13-14H,2-5,7H2,1H3. The van der Waals surface area contributed by atoms with Crippen LogP contribution in [-0.4, -0.2) is 46.4 Å². The zero-order valence-corrected chi connectivity index (χ0v) is 10.9. The van der Waals surface area contributed by atoms with Crippen molar-refractivity contribution in [3.05, 3.63) is 28.1 Å². The number of aromatic nitrogens is 1. The van der Waals surface area contributed by atoms with Crippen LogP contribution in [0.4, 0.5) is 5.69 Å². The van der Waals surface area contributed by atoms with E-state index >= 15 is 0 Å². The first-order chi connectivity index (χ1) is 9.13. The predicted octanol–water partition coefficient (Wildman–Crippen LogP) is 1.14. The van der Waals surface area contributed by atoms with E-state index in [4.69, 9.17) is 0 Å². The van der Waals surface area contributed by atoms with Crippen LogP contribution in [0.1, 0.15) is 30.3 Å². The lowest BCUT2D eigenvalue weighted by Gasteiger charge is -2.33. The van der Waals surface area contributed by atoms with Crippen LogP contribution in [-0.2, 0) is 0 Å². The van der Waals surface area contributed by atoms with Gasteiger partial charge in [0, 0.05) is 25.2 Å². The minimum absolute atomic E-state index is 0.0822. The van der Waals surface area contributed by atoms with Crippen LogP contribution in [0.5, 0.6) is 0 Å². The van der Waals surface area contributed by atoms with Gasteiger partial charge in [0.2, 0.25) is 0 Å². The number of likely N-dealkylation sites (N-methyl/N-ethyl adjacent to an activating group) is 1. The van der Waals surface area contributed by atoms with Crippen molar-refractivity contribution in [2.75, 3.05) is 19.6 Å². The predicted molar refractivity (Wildman–Crippen MR) is 70.0 cm³/mol. The molecule has 1 fully saturated rings. The van der Waals surface area contributed by atoms with Gasteiger partial charge in [-0.2, -0.15) is 0 Å². The molecule has 1 aromatic rings. The quantitative estimate of drug-likeness (QED) is 0.631. The number of amides is 1. The monoisotopic (exact) mass is 266 g/mol. The Morgan fingerprint density at radius 2 is 2.42 bits per heavy atom. The van der Waals surface area contributed by atoms with Crippen LogP contribution < -0.4 is 5.32 Å². The largest absolute Gasteiger partial charge is 0.351 e. The van der Waals surface area contributed by atoms with Crippen molar-refractivity contribution in [3.63, 3.8) is 0 Å². The number of nitro groups is 1. The van der Waals surface area contributed by atoms with Gasteiger partial charge in [0.25, 0.3) is 11.6 Å². The number of piperidine rings is 1. The van der Waals surface area contributed by atoms with Gasteiger partial charge in [-0.1, -0.05) is 0 Å². The zero-order chi connectivity index (χ0) is 13.8. The molecule has 1 amide bonds. The smallest absolute Gasteiger partial charge is 0.287 e. The molecular weight excluding hydrogens is 248 g/mol. The van der Waals surface area contributed by atoms with Crippen molar-refractivity contribution in [1.82, 2.24) is 15.2 Å². The van der Waals surface area contributed by atoms with Crippen LogP contribution in [0.3, 0.4) is 0 Å². The molecule has 1 aromatic heterocycles. The molecule has 0 aromatic carbocycles. The molecule has 1 saturated heterocycles. The molecule has 0 aliphatic carbocycles. The van der Waals surface area contributed by atoms with Gasteiger partial charge in [-0.15, -0.1) is 0 Å². The molecule has 1 aliphatic heterocycles. The summed E-state index contributed by atoms with van der Waals surface area (Å²) in [5, 5.41) is 13.9. The number of carbonyl (C=O) groups excluding carboxylic acids is 1. The highest BCUT2D eigenvalue weighted by Gasteiger charge is 2.26. The molecule has 0 radical (unpaired) electrons. The Balaban J connectivity index is 2.12. The Morgan fingerprint density at radius 3 is 2.95 bits per heavy atom. The minimum atomic E-state index is -0.508. The van der Waals surface area contributed by atoms with E-state index in [0.717, 1.165) is 25.9 Å². The summed E-state index contributed by atoms with van der Waals surface area (Å²) in [5.74, 6) is -0.177. The molecule has 0 spiro atoms. The summed E-state index contributed by atoms with van der Waals surface area (Å²) in [4.78, 5) is 26.9. The van der Waals surface area contributed by atoms with E-state index < -0.39 is 4.92 Å². The first kappa shape index (κ1) is 13.5. The van der Waals surface area contributed by atoms with E-state index in [9.17, 15) is 14.9 Å². The van der Waals surface area contributed by atoms with Crippen molar-refractivity contribution in [3.8, 4) is 0 Å². The average Bonchev–Trinajstić information content (AvgIpc) is 2.90. The zero-order valence-electron chi connectivity index (χ0n) is 10.9. The third-order valence-corrected chi connectivity index (χ3v) is 3.42. The van der Waals surface area contributed by atoms with Gasteiger partial charge in [-0.05, 0) is 26.3 Å². The molecule has 104 valence electrons. The third-order valence-electron chi connectivity index (χ3n) is 3.42. The first-order valence-corrected chi connectivity index (χ1v) is 6.48. The number of H-pyrrole nitrogens is 1. The Bertz CT molecular complexity index is 465. The van der Waals surface area contributed by atoms with Crippen molar-refractivity contribution in [2.24, 2.45) is 0 Å². The van der Waals surface area contributed by atoms with E-state index in [1.54, 1.807) is 4.90 Å². The molecule has 2 N–H and O–H groups in total. The lowest BCUT2D eigenvalue weighted by atomic mass is 10.1. The molecule has 2 rings (SSSR count). The topological polar surface area (TPSA) is 91.3 Å². The van der Waals surface area contributed by atoms with Crippen molar-refractivity contribution >= 4 is 11.6 Å². The van der Waals surface area contributed by atoms with Gasteiger partial charge in [0.1, 0.15) is 5.69 Å². The van der Waals surface area contributed by atoms with E-state index in [-0.39, 0.29) is 23.3 Å². The molecule has 1 atom stereocenters. The SMILES string of the molecule is CCN(C(=O)c1cc([N+](=O)[O-])c[nH]1)C1CCCNC1.